The zero-order valence-electron chi connectivity index (χ0n) is 16.2. The van der Waals surface area contributed by atoms with Crippen LogP contribution in [-0.2, 0) is 13.7 Å². The third kappa shape index (κ3) is 3.66. The van der Waals surface area contributed by atoms with Gasteiger partial charge in [0, 0.05) is 20.1 Å². The molecule has 6 heteroatoms. The Morgan fingerprint density at radius 1 is 1.07 bits per heavy atom. The molecule has 0 N–H and O–H groups in total. The van der Waals surface area contributed by atoms with Crippen molar-refractivity contribution >= 4 is 17.8 Å². The minimum absolute atomic E-state index is 0.681. The molecule has 0 radical (unpaired) electrons. The predicted molar refractivity (Wildman–Crippen MR) is 115 cm³/mol. The van der Waals surface area contributed by atoms with Crippen LogP contribution in [0.2, 0.25) is 0 Å². The molecule has 1 aromatic heterocycles. The summed E-state index contributed by atoms with van der Waals surface area (Å²) in [6.45, 7) is 2.57. The molecule has 0 saturated heterocycles. The van der Waals surface area contributed by atoms with Crippen molar-refractivity contribution in [3.63, 3.8) is 0 Å². The largest absolute Gasteiger partial charge is 0.496 e. The Labute approximate surface area is 170 Å². The van der Waals surface area contributed by atoms with Crippen molar-refractivity contribution in [3.8, 4) is 17.1 Å². The third-order valence-electron chi connectivity index (χ3n) is 5.16. The first-order valence-corrected chi connectivity index (χ1v) is 9.82. The number of benzene rings is 2. The maximum atomic E-state index is 5.64. The molecule has 4 rings (SSSR count). The highest BCUT2D eigenvalue weighted by atomic mass is 32.1. The molecular formula is C22H24N4OS. The minimum atomic E-state index is 0.681. The van der Waals surface area contributed by atoms with E-state index in [0.717, 1.165) is 36.6 Å². The summed E-state index contributed by atoms with van der Waals surface area (Å²) < 4.78 is 10.0. The maximum absolute atomic E-state index is 5.64. The summed E-state index contributed by atoms with van der Waals surface area (Å²) in [5, 5.41) is 4.79. The molecule has 1 aliphatic rings. The van der Waals surface area contributed by atoms with Gasteiger partial charge in [-0.2, -0.15) is 5.10 Å². The Balaban J connectivity index is 1.54. The van der Waals surface area contributed by atoms with E-state index >= 15 is 0 Å². The van der Waals surface area contributed by atoms with Crippen LogP contribution in [0.25, 0.3) is 17.0 Å². The van der Waals surface area contributed by atoms with Crippen LogP contribution in [0.4, 0.5) is 0 Å². The highest BCUT2D eigenvalue weighted by Gasteiger charge is 2.17. The molecule has 1 aliphatic heterocycles. The number of hydrogen-bond acceptors (Lipinski definition) is 4. The van der Waals surface area contributed by atoms with Gasteiger partial charge >= 0.3 is 0 Å². The van der Waals surface area contributed by atoms with E-state index < -0.39 is 0 Å². The van der Waals surface area contributed by atoms with Crippen molar-refractivity contribution in [1.82, 2.24) is 19.2 Å². The lowest BCUT2D eigenvalue weighted by atomic mass is 10.00. The molecule has 3 aromatic rings. The molecule has 0 aliphatic carbocycles. The number of nitrogens with zero attached hydrogens (tertiary/aromatic N) is 4. The molecule has 0 atom stereocenters. The molecule has 144 valence electrons. The predicted octanol–water partition coefficient (Wildman–Crippen LogP) is 4.37. The number of para-hydroxylation sites is 1. The average Bonchev–Trinajstić information content (AvgIpc) is 3.03. The lowest BCUT2D eigenvalue weighted by Gasteiger charge is -2.26. The van der Waals surface area contributed by atoms with Crippen LogP contribution in [0.15, 0.2) is 60.7 Å². The van der Waals surface area contributed by atoms with Crippen molar-refractivity contribution in [2.75, 3.05) is 20.2 Å². The van der Waals surface area contributed by atoms with Crippen LogP contribution < -0.4 is 4.74 Å². The standard InChI is InChI=1S/C22H24N4OS/c1-24-21(19-10-6-7-11-20(19)27-2)23-26(22(24)28)16-25-14-12-18(13-15-25)17-8-4-3-5-9-17/h3-12H,13-16H2,1-2H3. The minimum Gasteiger partial charge on any atom is -0.496 e. The van der Waals surface area contributed by atoms with E-state index in [1.54, 1.807) is 7.11 Å². The Hall–Kier alpha value is -2.70. The molecule has 5 nitrogen and oxygen atoms in total. The van der Waals surface area contributed by atoms with E-state index in [1.165, 1.54) is 11.1 Å². The first-order chi connectivity index (χ1) is 13.7. The topological polar surface area (TPSA) is 35.2 Å². The van der Waals surface area contributed by atoms with Gasteiger partial charge in [-0.3, -0.25) is 4.90 Å². The van der Waals surface area contributed by atoms with E-state index in [9.17, 15) is 0 Å². The van der Waals surface area contributed by atoms with E-state index in [-0.39, 0.29) is 0 Å². The Bertz CT molecular complexity index is 1050. The van der Waals surface area contributed by atoms with Crippen LogP contribution in [0.1, 0.15) is 12.0 Å². The lowest BCUT2D eigenvalue weighted by Crippen LogP contribution is -2.31. The highest BCUT2D eigenvalue weighted by Crippen LogP contribution is 2.28. The van der Waals surface area contributed by atoms with Gasteiger partial charge in [0.2, 0.25) is 0 Å². The molecule has 0 fully saturated rings. The Morgan fingerprint density at radius 2 is 1.82 bits per heavy atom. The maximum Gasteiger partial charge on any atom is 0.199 e. The normalized spacial score (nSPS) is 14.7. The van der Waals surface area contributed by atoms with Gasteiger partial charge < -0.3 is 9.30 Å². The van der Waals surface area contributed by atoms with Gasteiger partial charge in [0.25, 0.3) is 0 Å². The van der Waals surface area contributed by atoms with Crippen LogP contribution in [-0.4, -0.2) is 39.4 Å². The summed E-state index contributed by atoms with van der Waals surface area (Å²) in [5.41, 5.74) is 3.67. The quantitative estimate of drug-likeness (QED) is 0.604. The number of hydrogen-bond donors (Lipinski definition) is 0. The second-order valence-corrected chi connectivity index (χ2v) is 7.29. The molecule has 0 saturated carbocycles. The average molecular weight is 393 g/mol. The molecule has 0 spiro atoms. The van der Waals surface area contributed by atoms with Crippen molar-refractivity contribution in [2.24, 2.45) is 7.05 Å². The molecule has 0 amide bonds. The Kier molecular flexibility index (Phi) is 5.41. The second kappa shape index (κ2) is 8.12. The van der Waals surface area contributed by atoms with E-state index in [4.69, 9.17) is 22.1 Å². The fourth-order valence-corrected chi connectivity index (χ4v) is 3.77. The van der Waals surface area contributed by atoms with Crippen LogP contribution in [0.5, 0.6) is 5.75 Å². The fourth-order valence-electron chi connectivity index (χ4n) is 3.59. The van der Waals surface area contributed by atoms with Gasteiger partial charge in [-0.05, 0) is 41.9 Å². The van der Waals surface area contributed by atoms with Crippen LogP contribution in [0, 0.1) is 4.77 Å². The van der Waals surface area contributed by atoms with Gasteiger partial charge in [-0.1, -0.05) is 48.5 Å². The zero-order valence-corrected chi connectivity index (χ0v) is 17.0. The highest BCUT2D eigenvalue weighted by molar-refractivity contribution is 7.71. The van der Waals surface area contributed by atoms with Gasteiger partial charge in [0.1, 0.15) is 5.75 Å². The number of rotatable bonds is 5. The smallest absolute Gasteiger partial charge is 0.199 e. The number of aromatic nitrogens is 3. The summed E-state index contributed by atoms with van der Waals surface area (Å²) in [4.78, 5) is 2.36. The van der Waals surface area contributed by atoms with Gasteiger partial charge in [0.05, 0.1) is 19.3 Å². The first-order valence-electron chi connectivity index (χ1n) is 9.41. The summed E-state index contributed by atoms with van der Waals surface area (Å²) in [7, 11) is 3.63. The molecular weight excluding hydrogens is 368 g/mol. The van der Waals surface area contributed by atoms with Crippen molar-refractivity contribution in [2.45, 2.75) is 13.1 Å². The number of methoxy groups -OCH3 is 1. The van der Waals surface area contributed by atoms with Crippen molar-refractivity contribution in [3.05, 3.63) is 71.0 Å². The zero-order chi connectivity index (χ0) is 19.5. The van der Waals surface area contributed by atoms with Crippen molar-refractivity contribution < 1.29 is 4.74 Å². The third-order valence-corrected chi connectivity index (χ3v) is 5.65. The summed E-state index contributed by atoms with van der Waals surface area (Å²) in [6, 6.07) is 18.5. The first kappa shape index (κ1) is 18.7. The second-order valence-electron chi connectivity index (χ2n) is 6.93. The molecule has 2 heterocycles. The van der Waals surface area contributed by atoms with Crippen LogP contribution in [0.3, 0.4) is 0 Å². The lowest BCUT2D eigenvalue weighted by molar-refractivity contribution is 0.226. The SMILES string of the molecule is COc1ccccc1-c1nn(CN2CC=C(c3ccccc3)CC2)c(=S)n1C. The summed E-state index contributed by atoms with van der Waals surface area (Å²) in [5.74, 6) is 1.62. The van der Waals surface area contributed by atoms with Crippen LogP contribution >= 0.6 is 12.2 Å². The summed E-state index contributed by atoms with van der Waals surface area (Å²) >= 11 is 5.64. The van der Waals surface area contributed by atoms with Gasteiger partial charge in [0.15, 0.2) is 10.6 Å². The van der Waals surface area contributed by atoms with E-state index in [0.29, 0.717) is 11.4 Å². The monoisotopic (exact) mass is 392 g/mol. The fraction of sp³-hybridized carbons (Fsp3) is 0.273. The number of ether oxygens (including phenoxy) is 1. The molecule has 0 bridgehead atoms. The van der Waals surface area contributed by atoms with E-state index in [2.05, 4.69) is 41.3 Å². The van der Waals surface area contributed by atoms with Gasteiger partial charge in [-0.15, -0.1) is 0 Å². The molecule has 28 heavy (non-hydrogen) atoms. The summed E-state index contributed by atoms with van der Waals surface area (Å²) in [6.07, 6.45) is 3.34. The molecule has 0 unspecified atom stereocenters. The Morgan fingerprint density at radius 3 is 2.54 bits per heavy atom. The van der Waals surface area contributed by atoms with E-state index in [1.807, 2.05) is 40.6 Å². The van der Waals surface area contributed by atoms with Crippen molar-refractivity contribution in [1.29, 1.82) is 0 Å². The molecule has 2 aromatic carbocycles. The van der Waals surface area contributed by atoms with Gasteiger partial charge in [-0.25, -0.2) is 4.68 Å².